The summed E-state index contributed by atoms with van der Waals surface area (Å²) in [5.74, 6) is -1.83. The zero-order chi connectivity index (χ0) is 20.1. The summed E-state index contributed by atoms with van der Waals surface area (Å²) in [6.07, 6.45) is -1.11. The van der Waals surface area contributed by atoms with Crippen LogP contribution in [0.2, 0.25) is 0 Å². The normalized spacial score (nSPS) is 12.0. The van der Waals surface area contributed by atoms with Crippen molar-refractivity contribution in [3.05, 3.63) is 65.7 Å². The third kappa shape index (κ3) is 4.37. The molecule has 1 amide bonds. The van der Waals surface area contributed by atoms with E-state index in [9.17, 15) is 14.0 Å². The van der Waals surface area contributed by atoms with Crippen molar-refractivity contribution in [2.45, 2.75) is 26.6 Å². The fourth-order valence-electron chi connectivity index (χ4n) is 2.69. The Morgan fingerprint density at radius 3 is 2.71 bits per heavy atom. The summed E-state index contributed by atoms with van der Waals surface area (Å²) in [5.41, 5.74) is 1.37. The average Bonchev–Trinajstić information content (AvgIpc) is 3.05. The molecule has 0 spiro atoms. The smallest absolute Gasteiger partial charge is 0.375 e. The van der Waals surface area contributed by atoms with Gasteiger partial charge in [0.15, 0.2) is 6.10 Å². The van der Waals surface area contributed by atoms with Gasteiger partial charge in [-0.2, -0.15) is 0 Å². The van der Waals surface area contributed by atoms with Crippen molar-refractivity contribution < 1.29 is 27.9 Å². The molecule has 0 bridgehead atoms. The molecule has 0 fully saturated rings. The number of fused-ring (bicyclic) bond motifs is 1. The predicted molar refractivity (Wildman–Crippen MR) is 101 cm³/mol. The summed E-state index contributed by atoms with van der Waals surface area (Å²) >= 11 is 0. The second-order valence-corrected chi connectivity index (χ2v) is 6.09. The molecular formula is C21H20FNO5. The highest BCUT2D eigenvalue weighted by atomic mass is 19.1. The van der Waals surface area contributed by atoms with Gasteiger partial charge in [-0.1, -0.05) is 24.3 Å². The van der Waals surface area contributed by atoms with Crippen molar-refractivity contribution in [2.24, 2.45) is 0 Å². The molecule has 1 heterocycles. The molecule has 3 rings (SSSR count). The number of hydrogen-bond acceptors (Lipinski definition) is 5. The molecule has 7 heteroatoms. The first-order chi connectivity index (χ1) is 13.5. The summed E-state index contributed by atoms with van der Waals surface area (Å²) in [7, 11) is 0. The Hall–Kier alpha value is -3.19. The van der Waals surface area contributed by atoms with E-state index in [0.717, 1.165) is 5.39 Å². The number of hydrogen-bond donors (Lipinski definition) is 1. The van der Waals surface area contributed by atoms with Gasteiger partial charge in [-0.3, -0.25) is 4.79 Å². The third-order valence-electron chi connectivity index (χ3n) is 4.08. The van der Waals surface area contributed by atoms with E-state index in [1.165, 1.54) is 31.2 Å². The Kier molecular flexibility index (Phi) is 6.06. The zero-order valence-electron chi connectivity index (χ0n) is 15.5. The molecule has 0 aliphatic carbocycles. The number of rotatable bonds is 7. The van der Waals surface area contributed by atoms with E-state index in [4.69, 9.17) is 13.9 Å². The van der Waals surface area contributed by atoms with E-state index in [1.807, 2.05) is 19.1 Å². The van der Waals surface area contributed by atoms with E-state index in [-0.39, 0.29) is 18.1 Å². The molecule has 0 saturated carbocycles. The van der Waals surface area contributed by atoms with Crippen LogP contribution in [0.1, 0.15) is 30.0 Å². The number of carbonyl (C=O) groups is 2. The van der Waals surface area contributed by atoms with Crippen LogP contribution in [0.4, 0.5) is 10.1 Å². The molecule has 28 heavy (non-hydrogen) atoms. The van der Waals surface area contributed by atoms with Crippen LogP contribution in [0.5, 0.6) is 0 Å². The van der Waals surface area contributed by atoms with E-state index in [0.29, 0.717) is 17.8 Å². The van der Waals surface area contributed by atoms with Crippen LogP contribution < -0.4 is 5.32 Å². The lowest BCUT2D eigenvalue weighted by Gasteiger charge is -2.13. The molecule has 1 atom stereocenters. The largest absolute Gasteiger partial charge is 0.449 e. The number of esters is 1. The average molecular weight is 385 g/mol. The molecule has 1 N–H and O–H groups in total. The lowest BCUT2D eigenvalue weighted by molar-refractivity contribution is -0.123. The molecule has 0 aliphatic rings. The first kappa shape index (κ1) is 19.6. The Morgan fingerprint density at radius 2 is 1.96 bits per heavy atom. The van der Waals surface area contributed by atoms with Crippen LogP contribution in [0.15, 0.2) is 52.9 Å². The number of amides is 1. The summed E-state index contributed by atoms with van der Waals surface area (Å²) in [6.45, 7) is 3.93. The second kappa shape index (κ2) is 8.67. The minimum atomic E-state index is -1.11. The second-order valence-electron chi connectivity index (χ2n) is 6.09. The molecule has 6 nitrogen and oxygen atoms in total. The van der Waals surface area contributed by atoms with Crippen molar-refractivity contribution in [3.63, 3.8) is 0 Å². The van der Waals surface area contributed by atoms with E-state index < -0.39 is 23.8 Å². The Bertz CT molecular complexity index is 997. The number of halogens is 1. The van der Waals surface area contributed by atoms with Gasteiger partial charge >= 0.3 is 5.97 Å². The van der Waals surface area contributed by atoms with Gasteiger partial charge in [0.1, 0.15) is 11.4 Å². The molecule has 1 aromatic heterocycles. The van der Waals surface area contributed by atoms with Crippen LogP contribution >= 0.6 is 0 Å². The fraction of sp³-hybridized carbons (Fsp3) is 0.238. The molecular weight excluding hydrogens is 365 g/mol. The summed E-state index contributed by atoms with van der Waals surface area (Å²) in [6, 6.07) is 12.6. The maximum atomic E-state index is 13.2. The number of anilines is 1. The van der Waals surface area contributed by atoms with E-state index in [2.05, 4.69) is 5.32 Å². The van der Waals surface area contributed by atoms with Gasteiger partial charge in [-0.15, -0.1) is 0 Å². The molecule has 0 aliphatic heterocycles. The van der Waals surface area contributed by atoms with E-state index in [1.54, 1.807) is 12.1 Å². The Labute approximate surface area is 161 Å². The fourth-order valence-corrected chi connectivity index (χ4v) is 2.69. The van der Waals surface area contributed by atoms with Gasteiger partial charge < -0.3 is 19.2 Å². The molecule has 0 unspecified atom stereocenters. The molecule has 0 saturated heterocycles. The number of para-hydroxylation sites is 1. The number of ether oxygens (including phenoxy) is 2. The maximum Gasteiger partial charge on any atom is 0.375 e. The van der Waals surface area contributed by atoms with Crippen molar-refractivity contribution in [3.8, 4) is 0 Å². The number of furan rings is 1. The van der Waals surface area contributed by atoms with Crippen LogP contribution in [-0.2, 0) is 20.9 Å². The molecule has 146 valence electrons. The maximum absolute atomic E-state index is 13.2. The van der Waals surface area contributed by atoms with Gasteiger partial charge in [0.2, 0.25) is 5.76 Å². The van der Waals surface area contributed by atoms with Crippen LogP contribution in [0, 0.1) is 5.82 Å². The molecule has 0 radical (unpaired) electrons. The van der Waals surface area contributed by atoms with Gasteiger partial charge in [0.05, 0.1) is 6.61 Å². The van der Waals surface area contributed by atoms with Crippen LogP contribution in [-0.4, -0.2) is 24.6 Å². The van der Waals surface area contributed by atoms with Crippen LogP contribution in [0.3, 0.4) is 0 Å². The third-order valence-corrected chi connectivity index (χ3v) is 4.08. The van der Waals surface area contributed by atoms with Crippen LogP contribution in [0.25, 0.3) is 11.0 Å². The standard InChI is InChI=1S/C21H20FNO5/c1-3-26-12-17-16-9-4-5-10-18(16)28-19(17)21(25)27-13(2)20(24)23-15-8-6-7-14(22)11-15/h4-11,13H,3,12H2,1-2H3,(H,23,24)/t13-/m0/s1. The van der Waals surface area contributed by atoms with Gasteiger partial charge in [-0.25, -0.2) is 9.18 Å². The van der Waals surface area contributed by atoms with Gasteiger partial charge in [0.25, 0.3) is 5.91 Å². The van der Waals surface area contributed by atoms with Crippen molar-refractivity contribution in [1.82, 2.24) is 0 Å². The lowest BCUT2D eigenvalue weighted by atomic mass is 10.1. The zero-order valence-corrected chi connectivity index (χ0v) is 15.5. The number of carbonyl (C=O) groups excluding carboxylic acids is 2. The predicted octanol–water partition coefficient (Wildman–Crippen LogP) is 4.29. The number of nitrogens with one attached hydrogen (secondary N) is 1. The monoisotopic (exact) mass is 385 g/mol. The minimum absolute atomic E-state index is 0.0000514. The topological polar surface area (TPSA) is 77.8 Å². The van der Waals surface area contributed by atoms with E-state index >= 15 is 0 Å². The first-order valence-electron chi connectivity index (χ1n) is 8.85. The van der Waals surface area contributed by atoms with Gasteiger partial charge in [-0.05, 0) is 38.1 Å². The van der Waals surface area contributed by atoms with Crippen molar-refractivity contribution in [1.29, 1.82) is 0 Å². The first-order valence-corrected chi connectivity index (χ1v) is 8.85. The summed E-state index contributed by atoms with van der Waals surface area (Å²) < 4.78 is 29.6. The SMILES string of the molecule is CCOCc1c(C(=O)O[C@@H](C)C(=O)Nc2cccc(F)c2)oc2ccccc12. The minimum Gasteiger partial charge on any atom is -0.449 e. The Balaban J connectivity index is 1.75. The molecule has 3 aromatic rings. The summed E-state index contributed by atoms with van der Waals surface area (Å²) in [5, 5.41) is 3.25. The van der Waals surface area contributed by atoms with Crippen molar-refractivity contribution >= 4 is 28.5 Å². The Morgan fingerprint density at radius 1 is 1.18 bits per heavy atom. The molecule has 2 aromatic carbocycles. The number of benzene rings is 2. The van der Waals surface area contributed by atoms with Gasteiger partial charge in [0, 0.05) is 23.2 Å². The lowest BCUT2D eigenvalue weighted by Crippen LogP contribution is -2.30. The quantitative estimate of drug-likeness (QED) is 0.614. The highest BCUT2D eigenvalue weighted by Gasteiger charge is 2.26. The highest BCUT2D eigenvalue weighted by Crippen LogP contribution is 2.27. The van der Waals surface area contributed by atoms with Crippen molar-refractivity contribution in [2.75, 3.05) is 11.9 Å². The summed E-state index contributed by atoms with van der Waals surface area (Å²) in [4.78, 5) is 24.9. The highest BCUT2D eigenvalue weighted by molar-refractivity contribution is 5.99.